The predicted molar refractivity (Wildman–Crippen MR) is 146 cm³/mol. The van der Waals surface area contributed by atoms with Crippen molar-refractivity contribution in [3.8, 4) is 5.88 Å². The quantitative estimate of drug-likeness (QED) is 0.373. The number of hydrogen-bond acceptors (Lipinski definition) is 7. The second-order valence-electron chi connectivity index (χ2n) is 11.9. The smallest absolute Gasteiger partial charge is 0.410 e. The van der Waals surface area contributed by atoms with Crippen LogP contribution in [0.2, 0.25) is 25.7 Å². The second-order valence-corrected chi connectivity index (χ2v) is 17.6. The summed E-state index contributed by atoms with van der Waals surface area (Å²) in [7, 11) is -1.20. The number of piperidine rings is 1. The van der Waals surface area contributed by atoms with Crippen molar-refractivity contribution in [1.82, 2.24) is 24.8 Å². The molecule has 0 spiro atoms. The fourth-order valence-electron chi connectivity index (χ4n) is 4.10. The van der Waals surface area contributed by atoms with E-state index in [1.807, 2.05) is 39.2 Å². The van der Waals surface area contributed by atoms with Crippen LogP contribution in [-0.2, 0) is 16.2 Å². The predicted octanol–water partition coefficient (Wildman–Crippen LogP) is 4.52. The molecule has 1 aliphatic rings. The lowest BCUT2D eigenvalue weighted by molar-refractivity contribution is -0.000358. The van der Waals surface area contributed by atoms with Crippen molar-refractivity contribution in [2.24, 2.45) is 5.92 Å². The Bertz CT molecular complexity index is 1090. The molecule has 2 amide bonds. The van der Waals surface area contributed by atoms with Gasteiger partial charge in [0.2, 0.25) is 5.88 Å². The van der Waals surface area contributed by atoms with E-state index >= 15 is 0 Å². The lowest BCUT2D eigenvalue weighted by Gasteiger charge is -2.37. The SMILES string of the molecule is CCNC(=O)c1cn(COCC[Si](C)(C)C)c2ncc(O[C@H]3CCN(C(=O)OC(C)(C)C)C[C@@H]3C)nc12. The summed E-state index contributed by atoms with van der Waals surface area (Å²) in [5.41, 5.74) is 0.970. The highest BCUT2D eigenvalue weighted by Crippen LogP contribution is 2.26. The molecule has 1 fully saturated rings. The number of nitrogens with zero attached hydrogens (tertiary/aromatic N) is 4. The lowest BCUT2D eigenvalue weighted by atomic mass is 9.97. The minimum absolute atomic E-state index is 0.0750. The van der Waals surface area contributed by atoms with Gasteiger partial charge in [0.15, 0.2) is 5.65 Å². The first-order chi connectivity index (χ1) is 17.3. The zero-order chi connectivity index (χ0) is 27.4. The molecule has 1 saturated heterocycles. The summed E-state index contributed by atoms with van der Waals surface area (Å²) in [5.74, 6) is 0.225. The fourth-order valence-corrected chi connectivity index (χ4v) is 4.86. The van der Waals surface area contributed by atoms with E-state index in [0.717, 1.165) is 6.04 Å². The average Bonchev–Trinajstić information content (AvgIpc) is 3.14. The molecule has 11 heteroatoms. The van der Waals surface area contributed by atoms with E-state index in [0.29, 0.717) is 62.0 Å². The van der Waals surface area contributed by atoms with Gasteiger partial charge < -0.3 is 29.0 Å². The third kappa shape index (κ3) is 8.16. The molecule has 2 atom stereocenters. The number of aromatic nitrogens is 3. The van der Waals surface area contributed by atoms with Gasteiger partial charge in [-0.05, 0) is 33.7 Å². The molecule has 37 heavy (non-hydrogen) atoms. The van der Waals surface area contributed by atoms with Crippen molar-refractivity contribution in [3.63, 3.8) is 0 Å². The number of amides is 2. The monoisotopic (exact) mass is 533 g/mol. The summed E-state index contributed by atoms with van der Waals surface area (Å²) in [4.78, 5) is 36.2. The first kappa shape index (κ1) is 28.9. The number of nitrogens with one attached hydrogen (secondary N) is 1. The molecule has 206 valence electrons. The number of likely N-dealkylation sites (tertiary alicyclic amines) is 1. The lowest BCUT2D eigenvalue weighted by Crippen LogP contribution is -2.48. The molecule has 2 aromatic rings. The van der Waals surface area contributed by atoms with Crippen LogP contribution in [0.15, 0.2) is 12.4 Å². The number of hydrogen-bond donors (Lipinski definition) is 1. The van der Waals surface area contributed by atoms with Crippen LogP contribution < -0.4 is 10.1 Å². The van der Waals surface area contributed by atoms with E-state index in [1.165, 1.54) is 0 Å². The molecule has 1 N–H and O–H groups in total. The van der Waals surface area contributed by atoms with Gasteiger partial charge in [-0.1, -0.05) is 26.6 Å². The molecule has 2 aromatic heterocycles. The number of fused-ring (bicyclic) bond motifs is 1. The van der Waals surface area contributed by atoms with Crippen LogP contribution >= 0.6 is 0 Å². The number of carbonyl (C=O) groups excluding carboxylic acids is 2. The van der Waals surface area contributed by atoms with Crippen LogP contribution in [0, 0.1) is 5.92 Å². The number of rotatable bonds is 9. The molecular formula is C26H43N5O5Si. The van der Waals surface area contributed by atoms with E-state index in [4.69, 9.17) is 14.2 Å². The van der Waals surface area contributed by atoms with Crippen molar-refractivity contribution < 1.29 is 23.8 Å². The van der Waals surface area contributed by atoms with Crippen molar-refractivity contribution in [2.45, 2.75) is 85.2 Å². The third-order valence-corrected chi connectivity index (χ3v) is 7.81. The molecule has 0 unspecified atom stereocenters. The average molecular weight is 534 g/mol. The largest absolute Gasteiger partial charge is 0.473 e. The molecule has 0 aliphatic carbocycles. The standard InChI is InChI=1S/C26H43N5O5Si/c1-9-27-24(32)19-16-31(17-34-12-13-37(6,7)8)23-22(19)29-21(14-28-23)35-20-10-11-30(15-18(20)2)25(33)36-26(3,4)5/h14,16,18,20H,9-13,15,17H2,1-8H3,(H,27,32)/t18-,20-/m0/s1. The van der Waals surface area contributed by atoms with Crippen molar-refractivity contribution in [3.05, 3.63) is 18.0 Å². The third-order valence-electron chi connectivity index (χ3n) is 6.10. The number of ether oxygens (including phenoxy) is 3. The maximum Gasteiger partial charge on any atom is 0.410 e. The normalized spacial score (nSPS) is 18.6. The van der Waals surface area contributed by atoms with E-state index in [-0.39, 0.29) is 24.0 Å². The van der Waals surface area contributed by atoms with Gasteiger partial charge in [-0.25, -0.2) is 14.8 Å². The van der Waals surface area contributed by atoms with Crippen molar-refractivity contribution in [2.75, 3.05) is 26.2 Å². The highest BCUT2D eigenvalue weighted by Gasteiger charge is 2.33. The van der Waals surface area contributed by atoms with Crippen molar-refractivity contribution in [1.29, 1.82) is 0 Å². The second kappa shape index (κ2) is 11.8. The Labute approximate surface area is 221 Å². The van der Waals surface area contributed by atoms with Gasteiger partial charge in [-0.2, -0.15) is 0 Å². The first-order valence-corrected chi connectivity index (χ1v) is 16.8. The minimum atomic E-state index is -1.20. The van der Waals surface area contributed by atoms with Crippen LogP contribution in [0.3, 0.4) is 0 Å². The molecule has 3 heterocycles. The topological polar surface area (TPSA) is 108 Å². The number of carbonyl (C=O) groups is 2. The first-order valence-electron chi connectivity index (χ1n) is 13.1. The van der Waals surface area contributed by atoms with Crippen LogP contribution in [-0.4, -0.2) is 77.5 Å². The maximum absolute atomic E-state index is 12.8. The van der Waals surface area contributed by atoms with Gasteiger partial charge in [0.25, 0.3) is 5.91 Å². The van der Waals surface area contributed by atoms with E-state index in [1.54, 1.807) is 17.3 Å². The Morgan fingerprint density at radius 3 is 2.59 bits per heavy atom. The molecule has 0 radical (unpaired) electrons. The summed E-state index contributed by atoms with van der Waals surface area (Å²) < 4.78 is 19.5. The Hall–Kier alpha value is -2.66. The highest BCUT2D eigenvalue weighted by atomic mass is 28.3. The van der Waals surface area contributed by atoms with E-state index < -0.39 is 13.7 Å². The zero-order valence-electron chi connectivity index (χ0n) is 23.6. The minimum Gasteiger partial charge on any atom is -0.473 e. The van der Waals surface area contributed by atoms with Gasteiger partial charge in [0, 0.05) is 52.9 Å². The Morgan fingerprint density at radius 2 is 1.97 bits per heavy atom. The highest BCUT2D eigenvalue weighted by molar-refractivity contribution is 6.76. The van der Waals surface area contributed by atoms with Crippen LogP contribution in [0.1, 0.15) is 51.4 Å². The zero-order valence-corrected chi connectivity index (χ0v) is 24.6. The van der Waals surface area contributed by atoms with Crippen LogP contribution in [0.4, 0.5) is 4.79 Å². The summed E-state index contributed by atoms with van der Waals surface area (Å²) in [6.45, 7) is 19.0. The van der Waals surface area contributed by atoms with Gasteiger partial charge in [-0.3, -0.25) is 4.79 Å². The Morgan fingerprint density at radius 1 is 1.24 bits per heavy atom. The molecule has 0 bridgehead atoms. The summed E-state index contributed by atoms with van der Waals surface area (Å²) in [5, 5.41) is 2.85. The van der Waals surface area contributed by atoms with Gasteiger partial charge in [0.1, 0.15) is 24.0 Å². The molecule has 3 rings (SSSR count). The van der Waals surface area contributed by atoms with Gasteiger partial charge in [-0.15, -0.1) is 0 Å². The summed E-state index contributed by atoms with van der Waals surface area (Å²) >= 11 is 0. The Balaban J connectivity index is 1.73. The van der Waals surface area contributed by atoms with E-state index in [2.05, 4.69) is 34.9 Å². The maximum atomic E-state index is 12.8. The summed E-state index contributed by atoms with van der Waals surface area (Å²) in [6, 6.07) is 1.06. The molecule has 10 nitrogen and oxygen atoms in total. The van der Waals surface area contributed by atoms with Crippen LogP contribution in [0.5, 0.6) is 5.88 Å². The Kier molecular flexibility index (Phi) is 9.22. The molecule has 0 saturated carbocycles. The van der Waals surface area contributed by atoms with Gasteiger partial charge in [0.05, 0.1) is 11.8 Å². The van der Waals surface area contributed by atoms with E-state index in [9.17, 15) is 9.59 Å². The summed E-state index contributed by atoms with van der Waals surface area (Å²) in [6.07, 6.45) is 3.55. The molecular weight excluding hydrogens is 490 g/mol. The fraction of sp³-hybridized carbons (Fsp3) is 0.692. The molecule has 0 aromatic carbocycles. The molecule has 1 aliphatic heterocycles. The van der Waals surface area contributed by atoms with Crippen molar-refractivity contribution >= 4 is 31.2 Å². The van der Waals surface area contributed by atoms with Gasteiger partial charge >= 0.3 is 6.09 Å². The van der Waals surface area contributed by atoms with Crippen LogP contribution in [0.25, 0.3) is 11.2 Å².